The van der Waals surface area contributed by atoms with Crippen molar-refractivity contribution in [1.29, 1.82) is 0 Å². The van der Waals surface area contributed by atoms with E-state index in [1.807, 2.05) is 12.1 Å². The molecule has 0 radical (unpaired) electrons. The van der Waals surface area contributed by atoms with Crippen molar-refractivity contribution in [1.82, 2.24) is 15.1 Å². The van der Waals surface area contributed by atoms with Gasteiger partial charge in [0.05, 0.1) is 5.56 Å². The van der Waals surface area contributed by atoms with Crippen molar-refractivity contribution in [3.8, 4) is 22.8 Å². The van der Waals surface area contributed by atoms with Gasteiger partial charge in [-0.15, -0.1) is 0 Å². The molecular formula is C13H10ClN5O. The van der Waals surface area contributed by atoms with Crippen molar-refractivity contribution in [2.75, 3.05) is 5.43 Å². The number of hydrazine groups is 1. The summed E-state index contributed by atoms with van der Waals surface area (Å²) in [4.78, 5) is 8.41. The summed E-state index contributed by atoms with van der Waals surface area (Å²) < 4.78 is 5.25. The van der Waals surface area contributed by atoms with Gasteiger partial charge >= 0.3 is 0 Å². The van der Waals surface area contributed by atoms with Gasteiger partial charge in [-0.25, -0.2) is 10.8 Å². The minimum absolute atomic E-state index is 0.334. The number of hydrogen-bond donors (Lipinski definition) is 2. The zero-order chi connectivity index (χ0) is 13.9. The first-order chi connectivity index (χ1) is 9.78. The quantitative estimate of drug-likeness (QED) is 0.568. The number of pyridine rings is 1. The average Bonchev–Trinajstić information content (AvgIpc) is 2.97. The molecule has 0 aliphatic rings. The first-order valence-electron chi connectivity index (χ1n) is 5.79. The van der Waals surface area contributed by atoms with Gasteiger partial charge in [0.2, 0.25) is 5.82 Å². The standard InChI is InChI=1S/C13H10ClN5O/c14-9-4-1-3-8(7-9)11-17-13(20-19-11)10-5-2-6-16-12(10)18-15/h1-7H,15H2,(H,16,18). The molecule has 0 fully saturated rings. The van der Waals surface area contributed by atoms with Crippen LogP contribution in [0.5, 0.6) is 0 Å². The topological polar surface area (TPSA) is 89.9 Å². The third-order valence-corrected chi connectivity index (χ3v) is 2.92. The molecule has 0 saturated heterocycles. The molecule has 3 N–H and O–H groups in total. The molecule has 20 heavy (non-hydrogen) atoms. The molecule has 3 rings (SSSR count). The van der Waals surface area contributed by atoms with Gasteiger partial charge in [0.25, 0.3) is 5.89 Å². The van der Waals surface area contributed by atoms with Crippen LogP contribution in [-0.2, 0) is 0 Å². The molecule has 0 unspecified atom stereocenters. The molecule has 2 heterocycles. The molecule has 0 saturated carbocycles. The van der Waals surface area contributed by atoms with Crippen LogP contribution in [-0.4, -0.2) is 15.1 Å². The molecule has 2 aromatic heterocycles. The van der Waals surface area contributed by atoms with E-state index in [1.54, 1.807) is 30.5 Å². The number of rotatable bonds is 3. The van der Waals surface area contributed by atoms with E-state index in [0.29, 0.717) is 28.1 Å². The second kappa shape index (κ2) is 5.28. The highest BCUT2D eigenvalue weighted by Crippen LogP contribution is 2.27. The highest BCUT2D eigenvalue weighted by atomic mass is 35.5. The van der Waals surface area contributed by atoms with E-state index in [0.717, 1.165) is 5.56 Å². The minimum atomic E-state index is 0.334. The number of benzene rings is 1. The monoisotopic (exact) mass is 287 g/mol. The summed E-state index contributed by atoms with van der Waals surface area (Å²) in [6.45, 7) is 0. The number of nitrogen functional groups attached to an aromatic ring is 1. The number of nitrogens with zero attached hydrogens (tertiary/aromatic N) is 3. The summed E-state index contributed by atoms with van der Waals surface area (Å²) in [5.41, 5.74) is 3.90. The normalized spacial score (nSPS) is 10.5. The van der Waals surface area contributed by atoms with E-state index in [9.17, 15) is 0 Å². The van der Waals surface area contributed by atoms with Crippen LogP contribution in [0.3, 0.4) is 0 Å². The average molecular weight is 288 g/mol. The number of halogens is 1. The van der Waals surface area contributed by atoms with Crippen molar-refractivity contribution in [2.24, 2.45) is 5.84 Å². The van der Waals surface area contributed by atoms with Crippen LogP contribution in [0.2, 0.25) is 5.02 Å². The minimum Gasteiger partial charge on any atom is -0.333 e. The molecule has 100 valence electrons. The summed E-state index contributed by atoms with van der Waals surface area (Å²) in [7, 11) is 0. The molecule has 0 amide bonds. The Hall–Kier alpha value is -2.44. The number of aromatic nitrogens is 3. The Balaban J connectivity index is 2.02. The fourth-order valence-corrected chi connectivity index (χ4v) is 1.96. The molecular weight excluding hydrogens is 278 g/mol. The van der Waals surface area contributed by atoms with E-state index in [1.165, 1.54) is 0 Å². The summed E-state index contributed by atoms with van der Waals surface area (Å²) in [5, 5.41) is 4.55. The van der Waals surface area contributed by atoms with Crippen LogP contribution >= 0.6 is 11.6 Å². The third-order valence-electron chi connectivity index (χ3n) is 2.68. The lowest BCUT2D eigenvalue weighted by Crippen LogP contribution is -2.09. The highest BCUT2D eigenvalue weighted by Gasteiger charge is 2.14. The number of hydrogen-bond acceptors (Lipinski definition) is 6. The van der Waals surface area contributed by atoms with Crippen LogP contribution in [0, 0.1) is 0 Å². The second-order valence-electron chi connectivity index (χ2n) is 3.98. The summed E-state index contributed by atoms with van der Waals surface area (Å²) in [6.07, 6.45) is 1.62. The summed E-state index contributed by atoms with van der Waals surface area (Å²) >= 11 is 5.94. The lowest BCUT2D eigenvalue weighted by atomic mass is 10.2. The molecule has 0 aliphatic heterocycles. The number of nitrogens with one attached hydrogen (secondary N) is 1. The van der Waals surface area contributed by atoms with Gasteiger partial charge in [0, 0.05) is 16.8 Å². The SMILES string of the molecule is NNc1ncccc1-c1nc(-c2cccc(Cl)c2)no1. The highest BCUT2D eigenvalue weighted by molar-refractivity contribution is 6.30. The smallest absolute Gasteiger partial charge is 0.262 e. The Morgan fingerprint density at radius 3 is 2.90 bits per heavy atom. The van der Waals surface area contributed by atoms with Gasteiger partial charge in [0.15, 0.2) is 5.82 Å². The van der Waals surface area contributed by atoms with E-state index >= 15 is 0 Å². The fraction of sp³-hybridized carbons (Fsp3) is 0. The molecule has 0 atom stereocenters. The van der Waals surface area contributed by atoms with Crippen LogP contribution in [0.15, 0.2) is 47.1 Å². The Morgan fingerprint density at radius 2 is 2.10 bits per heavy atom. The zero-order valence-electron chi connectivity index (χ0n) is 10.2. The largest absolute Gasteiger partial charge is 0.333 e. The maximum absolute atomic E-state index is 5.94. The molecule has 0 aliphatic carbocycles. The van der Waals surface area contributed by atoms with Crippen molar-refractivity contribution in [3.63, 3.8) is 0 Å². The predicted octanol–water partition coefficient (Wildman–Crippen LogP) is 2.74. The van der Waals surface area contributed by atoms with Crippen molar-refractivity contribution >= 4 is 17.4 Å². The maximum Gasteiger partial charge on any atom is 0.262 e. The fourth-order valence-electron chi connectivity index (χ4n) is 1.77. The van der Waals surface area contributed by atoms with Crippen molar-refractivity contribution in [3.05, 3.63) is 47.6 Å². The molecule has 3 aromatic rings. The molecule has 0 spiro atoms. The Morgan fingerprint density at radius 1 is 1.20 bits per heavy atom. The van der Waals surface area contributed by atoms with Gasteiger partial charge in [-0.3, -0.25) is 0 Å². The number of anilines is 1. The van der Waals surface area contributed by atoms with Gasteiger partial charge in [0.1, 0.15) is 0 Å². The lowest BCUT2D eigenvalue weighted by Gasteiger charge is -2.01. The lowest BCUT2D eigenvalue weighted by molar-refractivity contribution is 0.432. The second-order valence-corrected chi connectivity index (χ2v) is 4.41. The van der Waals surface area contributed by atoms with E-state index in [-0.39, 0.29) is 0 Å². The van der Waals surface area contributed by atoms with Gasteiger partial charge in [-0.05, 0) is 24.3 Å². The van der Waals surface area contributed by atoms with Gasteiger partial charge in [-0.2, -0.15) is 4.98 Å². The maximum atomic E-state index is 5.94. The summed E-state index contributed by atoms with van der Waals surface area (Å²) in [5.74, 6) is 6.66. The molecule has 7 heteroatoms. The Labute approximate surface area is 119 Å². The Bertz CT molecular complexity index is 743. The molecule has 0 bridgehead atoms. The van der Waals surface area contributed by atoms with E-state index in [2.05, 4.69) is 20.6 Å². The van der Waals surface area contributed by atoms with Gasteiger partial charge < -0.3 is 9.95 Å². The third kappa shape index (κ3) is 2.34. The Kier molecular flexibility index (Phi) is 3.32. The van der Waals surface area contributed by atoms with Crippen LogP contribution in [0.25, 0.3) is 22.8 Å². The van der Waals surface area contributed by atoms with E-state index < -0.39 is 0 Å². The predicted molar refractivity (Wildman–Crippen MR) is 75.8 cm³/mol. The van der Waals surface area contributed by atoms with Crippen LogP contribution < -0.4 is 11.3 Å². The zero-order valence-corrected chi connectivity index (χ0v) is 11.0. The summed E-state index contributed by atoms with van der Waals surface area (Å²) in [6, 6.07) is 10.8. The van der Waals surface area contributed by atoms with Crippen LogP contribution in [0.4, 0.5) is 5.82 Å². The first-order valence-corrected chi connectivity index (χ1v) is 6.17. The van der Waals surface area contributed by atoms with Crippen LogP contribution in [0.1, 0.15) is 0 Å². The van der Waals surface area contributed by atoms with Gasteiger partial charge in [-0.1, -0.05) is 28.9 Å². The molecule has 6 nitrogen and oxygen atoms in total. The van der Waals surface area contributed by atoms with E-state index in [4.69, 9.17) is 22.0 Å². The number of nitrogens with two attached hydrogens (primary N) is 1. The molecule has 1 aromatic carbocycles. The first kappa shape index (κ1) is 12.6. The van der Waals surface area contributed by atoms with Crippen molar-refractivity contribution < 1.29 is 4.52 Å². The van der Waals surface area contributed by atoms with Crippen molar-refractivity contribution in [2.45, 2.75) is 0 Å².